The number of nitrogens with zero attached hydrogens (tertiary/aromatic N) is 1. The molecule has 2 rings (SSSR count). The van der Waals surface area contributed by atoms with Gasteiger partial charge in [-0.1, -0.05) is 30.8 Å². The summed E-state index contributed by atoms with van der Waals surface area (Å²) in [6, 6.07) is 0. The Morgan fingerprint density at radius 1 is 1.30 bits per heavy atom. The molecule has 1 saturated carbocycles. The Morgan fingerprint density at radius 3 is 2.55 bits per heavy atom. The van der Waals surface area contributed by atoms with Gasteiger partial charge in [0.15, 0.2) is 5.84 Å². The first kappa shape index (κ1) is 15.1. The van der Waals surface area contributed by atoms with Crippen molar-refractivity contribution < 1.29 is 14.7 Å². The number of rotatable bonds is 4. The van der Waals surface area contributed by atoms with Gasteiger partial charge in [0, 0.05) is 13.2 Å². The lowest BCUT2D eigenvalue weighted by molar-refractivity contribution is -0.128. The predicted octanol–water partition coefficient (Wildman–Crippen LogP) is 1.37. The van der Waals surface area contributed by atoms with Crippen LogP contribution in [0.25, 0.3) is 0 Å². The summed E-state index contributed by atoms with van der Waals surface area (Å²) < 4.78 is 5.51. The summed E-state index contributed by atoms with van der Waals surface area (Å²) in [5, 5.41) is 15.1. The Kier molecular flexibility index (Phi) is 5.23. The number of hydrogen-bond acceptors (Lipinski definition) is 4. The van der Waals surface area contributed by atoms with E-state index in [1.807, 2.05) is 0 Å². The van der Waals surface area contributed by atoms with Gasteiger partial charge in [-0.25, -0.2) is 0 Å². The standard InChI is InChI=1S/C14H25N3O3/c15-12(17-19)14(7-3-1-2-4-8-14)13(18)16-10-11-6-5-9-20-11/h11,19H,1-10H2,(H2,15,17)(H,16,18). The van der Waals surface area contributed by atoms with Crippen LogP contribution in [-0.4, -0.2) is 36.2 Å². The molecule has 1 heterocycles. The van der Waals surface area contributed by atoms with Gasteiger partial charge in [0.05, 0.1) is 6.10 Å². The highest BCUT2D eigenvalue weighted by Crippen LogP contribution is 2.35. The van der Waals surface area contributed by atoms with E-state index >= 15 is 0 Å². The Morgan fingerprint density at radius 2 is 2.00 bits per heavy atom. The number of oxime groups is 1. The van der Waals surface area contributed by atoms with Crippen LogP contribution in [0, 0.1) is 5.41 Å². The largest absolute Gasteiger partial charge is 0.409 e. The van der Waals surface area contributed by atoms with Crippen molar-refractivity contribution in [3.05, 3.63) is 0 Å². The second-order valence-electron chi connectivity index (χ2n) is 5.83. The van der Waals surface area contributed by atoms with Crippen molar-refractivity contribution in [2.75, 3.05) is 13.2 Å². The molecule has 2 aliphatic rings. The highest BCUT2D eigenvalue weighted by molar-refractivity contribution is 6.06. The normalized spacial score (nSPS) is 27.0. The predicted molar refractivity (Wildman–Crippen MR) is 75.5 cm³/mol. The van der Waals surface area contributed by atoms with Crippen LogP contribution in [0.3, 0.4) is 0 Å². The maximum atomic E-state index is 12.6. The molecule has 0 aromatic rings. The monoisotopic (exact) mass is 283 g/mol. The van der Waals surface area contributed by atoms with Gasteiger partial charge in [-0.15, -0.1) is 0 Å². The molecular weight excluding hydrogens is 258 g/mol. The number of nitrogens with two attached hydrogens (primary N) is 1. The van der Waals surface area contributed by atoms with Crippen molar-refractivity contribution in [3.63, 3.8) is 0 Å². The Bertz CT molecular complexity index is 357. The van der Waals surface area contributed by atoms with Gasteiger partial charge in [-0.05, 0) is 25.7 Å². The summed E-state index contributed by atoms with van der Waals surface area (Å²) in [7, 11) is 0. The Labute approximate surface area is 119 Å². The summed E-state index contributed by atoms with van der Waals surface area (Å²) in [5.74, 6) is -0.0746. The first-order chi connectivity index (χ1) is 9.69. The first-order valence-electron chi connectivity index (χ1n) is 7.57. The zero-order valence-corrected chi connectivity index (χ0v) is 11.9. The van der Waals surface area contributed by atoms with E-state index in [9.17, 15) is 4.79 Å². The third kappa shape index (κ3) is 3.23. The topological polar surface area (TPSA) is 96.9 Å². The Hall–Kier alpha value is -1.30. The van der Waals surface area contributed by atoms with E-state index in [2.05, 4.69) is 10.5 Å². The van der Waals surface area contributed by atoms with Crippen LogP contribution in [-0.2, 0) is 9.53 Å². The molecule has 114 valence electrons. The van der Waals surface area contributed by atoms with Crippen LogP contribution < -0.4 is 11.1 Å². The van der Waals surface area contributed by atoms with Gasteiger partial charge in [-0.2, -0.15) is 0 Å². The lowest BCUT2D eigenvalue weighted by atomic mass is 9.78. The van der Waals surface area contributed by atoms with Crippen molar-refractivity contribution in [3.8, 4) is 0 Å². The second-order valence-corrected chi connectivity index (χ2v) is 5.83. The van der Waals surface area contributed by atoms with Gasteiger partial charge < -0.3 is 21.0 Å². The average molecular weight is 283 g/mol. The van der Waals surface area contributed by atoms with Crippen molar-refractivity contribution in [1.29, 1.82) is 0 Å². The van der Waals surface area contributed by atoms with Gasteiger partial charge >= 0.3 is 0 Å². The van der Waals surface area contributed by atoms with Gasteiger partial charge in [0.2, 0.25) is 5.91 Å². The molecular formula is C14H25N3O3. The van der Waals surface area contributed by atoms with E-state index in [4.69, 9.17) is 15.7 Å². The molecule has 1 saturated heterocycles. The fourth-order valence-electron chi connectivity index (χ4n) is 3.21. The fraction of sp³-hybridized carbons (Fsp3) is 0.857. The molecule has 0 aromatic carbocycles. The average Bonchev–Trinajstić information content (AvgIpc) is 2.86. The molecule has 0 spiro atoms. The third-order valence-corrected chi connectivity index (χ3v) is 4.50. The fourth-order valence-corrected chi connectivity index (χ4v) is 3.21. The minimum Gasteiger partial charge on any atom is -0.409 e. The zero-order chi connectivity index (χ0) is 14.4. The molecule has 2 fully saturated rings. The van der Waals surface area contributed by atoms with Crippen LogP contribution in [0.15, 0.2) is 5.16 Å². The molecule has 0 bridgehead atoms. The lowest BCUT2D eigenvalue weighted by Gasteiger charge is -2.30. The Balaban J connectivity index is 2.02. The summed E-state index contributed by atoms with van der Waals surface area (Å²) in [6.45, 7) is 1.28. The van der Waals surface area contributed by atoms with Gasteiger partial charge in [-0.3, -0.25) is 4.79 Å². The maximum absolute atomic E-state index is 12.6. The number of nitrogens with one attached hydrogen (secondary N) is 1. The number of carbonyl (C=O) groups is 1. The smallest absolute Gasteiger partial charge is 0.234 e. The van der Waals surface area contributed by atoms with E-state index in [1.165, 1.54) is 0 Å². The summed E-state index contributed by atoms with van der Waals surface area (Å²) >= 11 is 0. The van der Waals surface area contributed by atoms with E-state index < -0.39 is 5.41 Å². The van der Waals surface area contributed by atoms with Gasteiger partial charge in [0.25, 0.3) is 0 Å². The molecule has 0 radical (unpaired) electrons. The van der Waals surface area contributed by atoms with Crippen molar-refractivity contribution in [1.82, 2.24) is 5.32 Å². The molecule has 1 aliphatic heterocycles. The molecule has 20 heavy (non-hydrogen) atoms. The molecule has 6 nitrogen and oxygen atoms in total. The lowest BCUT2D eigenvalue weighted by Crippen LogP contribution is -2.51. The second kappa shape index (κ2) is 6.92. The summed E-state index contributed by atoms with van der Waals surface area (Å²) in [6.07, 6.45) is 7.50. The molecule has 1 unspecified atom stereocenters. The van der Waals surface area contributed by atoms with Crippen LogP contribution in [0.4, 0.5) is 0 Å². The zero-order valence-electron chi connectivity index (χ0n) is 11.9. The summed E-state index contributed by atoms with van der Waals surface area (Å²) in [4.78, 5) is 12.6. The minimum atomic E-state index is -0.843. The molecule has 1 atom stereocenters. The highest BCUT2D eigenvalue weighted by atomic mass is 16.5. The SMILES string of the molecule is NC(=NO)C1(C(=O)NCC2CCCO2)CCCCCC1. The molecule has 4 N–H and O–H groups in total. The van der Waals surface area contributed by atoms with E-state index in [-0.39, 0.29) is 17.8 Å². The summed E-state index contributed by atoms with van der Waals surface area (Å²) in [5.41, 5.74) is 5.00. The highest BCUT2D eigenvalue weighted by Gasteiger charge is 2.43. The van der Waals surface area contributed by atoms with E-state index in [0.29, 0.717) is 19.4 Å². The van der Waals surface area contributed by atoms with E-state index in [0.717, 1.165) is 45.1 Å². The van der Waals surface area contributed by atoms with Crippen molar-refractivity contribution >= 4 is 11.7 Å². The number of amidine groups is 1. The third-order valence-electron chi connectivity index (χ3n) is 4.50. The van der Waals surface area contributed by atoms with Crippen LogP contribution in [0.1, 0.15) is 51.4 Å². The van der Waals surface area contributed by atoms with Gasteiger partial charge in [0.1, 0.15) is 5.41 Å². The van der Waals surface area contributed by atoms with Crippen molar-refractivity contribution in [2.24, 2.45) is 16.3 Å². The first-order valence-corrected chi connectivity index (χ1v) is 7.57. The van der Waals surface area contributed by atoms with Crippen LogP contribution in [0.2, 0.25) is 0 Å². The number of amides is 1. The number of carbonyl (C=O) groups excluding carboxylic acids is 1. The van der Waals surface area contributed by atoms with Crippen molar-refractivity contribution in [2.45, 2.75) is 57.5 Å². The number of hydrogen-bond donors (Lipinski definition) is 3. The quantitative estimate of drug-likeness (QED) is 0.239. The molecule has 1 aliphatic carbocycles. The minimum absolute atomic E-state index is 0.0456. The van der Waals surface area contributed by atoms with Crippen LogP contribution >= 0.6 is 0 Å². The maximum Gasteiger partial charge on any atom is 0.234 e. The molecule has 6 heteroatoms. The molecule has 0 aromatic heterocycles. The van der Waals surface area contributed by atoms with E-state index in [1.54, 1.807) is 0 Å². The van der Waals surface area contributed by atoms with Crippen LogP contribution in [0.5, 0.6) is 0 Å². The molecule has 1 amide bonds. The number of ether oxygens (including phenoxy) is 1.